The summed E-state index contributed by atoms with van der Waals surface area (Å²) in [5.74, 6) is 0. The molecule has 2 saturated carbocycles. The van der Waals surface area contributed by atoms with E-state index in [-0.39, 0.29) is 24.4 Å². The van der Waals surface area contributed by atoms with Gasteiger partial charge in [-0.05, 0) is 64.2 Å². The lowest BCUT2D eigenvalue weighted by atomic mass is 10.1. The van der Waals surface area contributed by atoms with Gasteiger partial charge in [-0.3, -0.25) is 0 Å². The SMILES string of the molecule is O=C(NCCCCCCNC(=O)OC1CCCCCC1)OC1CCCCCC1. The smallest absolute Gasteiger partial charge is 0.407 e. The third-order valence-corrected chi connectivity index (χ3v) is 5.79. The van der Waals surface area contributed by atoms with Gasteiger partial charge >= 0.3 is 12.2 Å². The maximum absolute atomic E-state index is 11.8. The topological polar surface area (TPSA) is 76.7 Å². The third kappa shape index (κ3) is 10.8. The van der Waals surface area contributed by atoms with E-state index >= 15 is 0 Å². The molecule has 2 rings (SSSR count). The molecule has 2 aliphatic rings. The lowest BCUT2D eigenvalue weighted by Gasteiger charge is -2.16. The minimum absolute atomic E-state index is 0.103. The second-order valence-corrected chi connectivity index (χ2v) is 8.31. The second-order valence-electron chi connectivity index (χ2n) is 8.31. The summed E-state index contributed by atoms with van der Waals surface area (Å²) < 4.78 is 11.0. The van der Waals surface area contributed by atoms with E-state index in [0.717, 1.165) is 51.4 Å². The van der Waals surface area contributed by atoms with Crippen molar-refractivity contribution in [3.05, 3.63) is 0 Å². The molecular formula is C22H40N2O4. The molecule has 0 aromatic carbocycles. The van der Waals surface area contributed by atoms with Gasteiger partial charge in [0.2, 0.25) is 0 Å². The molecule has 2 N–H and O–H groups in total. The van der Waals surface area contributed by atoms with Crippen molar-refractivity contribution in [1.29, 1.82) is 0 Å². The van der Waals surface area contributed by atoms with Crippen LogP contribution >= 0.6 is 0 Å². The Morgan fingerprint density at radius 3 is 1.29 bits per heavy atom. The van der Waals surface area contributed by atoms with Crippen LogP contribution in [0.2, 0.25) is 0 Å². The Morgan fingerprint density at radius 1 is 0.571 bits per heavy atom. The van der Waals surface area contributed by atoms with Crippen LogP contribution < -0.4 is 10.6 Å². The molecule has 6 heteroatoms. The van der Waals surface area contributed by atoms with Gasteiger partial charge in [-0.25, -0.2) is 9.59 Å². The Balaban J connectivity index is 1.38. The van der Waals surface area contributed by atoms with Crippen LogP contribution in [0.5, 0.6) is 0 Å². The minimum atomic E-state index is -0.269. The summed E-state index contributed by atoms with van der Waals surface area (Å²) >= 11 is 0. The molecule has 28 heavy (non-hydrogen) atoms. The third-order valence-electron chi connectivity index (χ3n) is 5.79. The molecule has 0 aliphatic heterocycles. The Labute approximate surface area is 170 Å². The van der Waals surface area contributed by atoms with Crippen LogP contribution in [-0.4, -0.2) is 37.5 Å². The van der Waals surface area contributed by atoms with Crippen LogP contribution in [0.3, 0.4) is 0 Å². The number of ether oxygens (including phenoxy) is 2. The number of hydrogen-bond donors (Lipinski definition) is 2. The fraction of sp³-hybridized carbons (Fsp3) is 0.909. The summed E-state index contributed by atoms with van der Waals surface area (Å²) in [6.07, 6.45) is 17.3. The van der Waals surface area contributed by atoms with E-state index in [1.165, 1.54) is 51.4 Å². The zero-order valence-electron chi connectivity index (χ0n) is 17.5. The van der Waals surface area contributed by atoms with Crippen molar-refractivity contribution in [2.75, 3.05) is 13.1 Å². The average molecular weight is 397 g/mol. The van der Waals surface area contributed by atoms with Crippen LogP contribution in [0, 0.1) is 0 Å². The highest BCUT2D eigenvalue weighted by molar-refractivity contribution is 5.67. The van der Waals surface area contributed by atoms with Crippen molar-refractivity contribution in [2.45, 2.75) is 115 Å². The maximum Gasteiger partial charge on any atom is 0.407 e. The van der Waals surface area contributed by atoms with Crippen LogP contribution in [-0.2, 0) is 9.47 Å². The van der Waals surface area contributed by atoms with Crippen molar-refractivity contribution >= 4 is 12.2 Å². The van der Waals surface area contributed by atoms with Gasteiger partial charge in [-0.2, -0.15) is 0 Å². The largest absolute Gasteiger partial charge is 0.446 e. The molecule has 0 unspecified atom stereocenters. The van der Waals surface area contributed by atoms with Crippen molar-refractivity contribution in [3.63, 3.8) is 0 Å². The van der Waals surface area contributed by atoms with Gasteiger partial charge in [-0.1, -0.05) is 38.5 Å². The van der Waals surface area contributed by atoms with Gasteiger partial charge in [-0.15, -0.1) is 0 Å². The Bertz CT molecular complexity index is 388. The molecule has 6 nitrogen and oxygen atoms in total. The van der Waals surface area contributed by atoms with Crippen LogP contribution in [0.4, 0.5) is 9.59 Å². The van der Waals surface area contributed by atoms with E-state index in [4.69, 9.17) is 9.47 Å². The first-order valence-corrected chi connectivity index (χ1v) is 11.6. The summed E-state index contributed by atoms with van der Waals surface area (Å²) in [4.78, 5) is 23.6. The van der Waals surface area contributed by atoms with E-state index < -0.39 is 0 Å². The molecular weight excluding hydrogens is 356 g/mol. The number of carbonyl (C=O) groups is 2. The van der Waals surface area contributed by atoms with Crippen LogP contribution in [0.1, 0.15) is 103 Å². The minimum Gasteiger partial charge on any atom is -0.446 e. The first kappa shape index (κ1) is 22.8. The molecule has 2 fully saturated rings. The molecule has 162 valence electrons. The number of hydrogen-bond acceptors (Lipinski definition) is 4. The van der Waals surface area contributed by atoms with E-state index in [1.54, 1.807) is 0 Å². The molecule has 0 bridgehead atoms. The fourth-order valence-electron chi connectivity index (χ4n) is 4.09. The van der Waals surface area contributed by atoms with Crippen LogP contribution in [0.15, 0.2) is 0 Å². The molecule has 0 atom stereocenters. The first-order valence-electron chi connectivity index (χ1n) is 11.6. The zero-order chi connectivity index (χ0) is 19.9. The van der Waals surface area contributed by atoms with Crippen LogP contribution in [0.25, 0.3) is 0 Å². The normalized spacial score (nSPS) is 19.3. The average Bonchev–Trinajstić information content (AvgIpc) is 3.09. The lowest BCUT2D eigenvalue weighted by molar-refractivity contribution is 0.0877. The molecule has 0 aromatic heterocycles. The predicted molar refractivity (Wildman–Crippen MR) is 110 cm³/mol. The molecule has 2 amide bonds. The number of nitrogens with one attached hydrogen (secondary N) is 2. The molecule has 0 aromatic rings. The number of alkyl carbamates (subject to hydrolysis) is 2. The molecule has 0 heterocycles. The van der Waals surface area contributed by atoms with Crippen molar-refractivity contribution in [3.8, 4) is 0 Å². The van der Waals surface area contributed by atoms with E-state index in [1.807, 2.05) is 0 Å². The number of rotatable bonds is 9. The quantitative estimate of drug-likeness (QED) is 0.401. The molecule has 0 saturated heterocycles. The highest BCUT2D eigenvalue weighted by Gasteiger charge is 2.17. The van der Waals surface area contributed by atoms with Gasteiger partial charge in [0, 0.05) is 13.1 Å². The van der Waals surface area contributed by atoms with Gasteiger partial charge in [0.15, 0.2) is 0 Å². The lowest BCUT2D eigenvalue weighted by Crippen LogP contribution is -2.30. The van der Waals surface area contributed by atoms with Crippen molar-refractivity contribution in [2.24, 2.45) is 0 Å². The molecule has 2 aliphatic carbocycles. The summed E-state index contributed by atoms with van der Waals surface area (Å²) in [5.41, 5.74) is 0. The Kier molecular flexibility index (Phi) is 11.8. The number of unbranched alkanes of at least 4 members (excludes halogenated alkanes) is 3. The van der Waals surface area contributed by atoms with Gasteiger partial charge < -0.3 is 20.1 Å². The van der Waals surface area contributed by atoms with Gasteiger partial charge in [0.05, 0.1) is 0 Å². The molecule has 0 spiro atoms. The number of carbonyl (C=O) groups excluding carboxylic acids is 2. The standard InChI is InChI=1S/C22H40N2O4/c25-21(27-19-13-7-1-2-8-14-19)23-17-11-5-6-12-18-24-22(26)28-20-15-9-3-4-10-16-20/h19-20H,1-18H2,(H,23,25)(H,24,26). The second kappa shape index (κ2) is 14.5. The predicted octanol–water partition coefficient (Wildman–Crippen LogP) is 5.44. The Morgan fingerprint density at radius 2 is 0.929 bits per heavy atom. The maximum atomic E-state index is 11.8. The van der Waals surface area contributed by atoms with Gasteiger partial charge in [0.1, 0.15) is 12.2 Å². The fourth-order valence-corrected chi connectivity index (χ4v) is 4.09. The van der Waals surface area contributed by atoms with Crippen molar-refractivity contribution < 1.29 is 19.1 Å². The van der Waals surface area contributed by atoms with Crippen molar-refractivity contribution in [1.82, 2.24) is 10.6 Å². The summed E-state index contributed by atoms with van der Waals surface area (Å²) in [6, 6.07) is 0. The van der Waals surface area contributed by atoms with E-state index in [0.29, 0.717) is 13.1 Å². The van der Waals surface area contributed by atoms with E-state index in [2.05, 4.69) is 10.6 Å². The first-order chi connectivity index (χ1) is 13.7. The van der Waals surface area contributed by atoms with Gasteiger partial charge in [0.25, 0.3) is 0 Å². The highest BCUT2D eigenvalue weighted by atomic mass is 16.6. The summed E-state index contributed by atoms with van der Waals surface area (Å²) in [6.45, 7) is 1.31. The molecule has 0 radical (unpaired) electrons. The van der Waals surface area contributed by atoms with E-state index in [9.17, 15) is 9.59 Å². The monoisotopic (exact) mass is 396 g/mol. The summed E-state index contributed by atoms with van der Waals surface area (Å²) in [7, 11) is 0. The summed E-state index contributed by atoms with van der Waals surface area (Å²) in [5, 5.41) is 5.72. The highest BCUT2D eigenvalue weighted by Crippen LogP contribution is 2.20. The number of amides is 2. The Hall–Kier alpha value is -1.46. The zero-order valence-corrected chi connectivity index (χ0v) is 17.5.